The Labute approximate surface area is 200 Å². The number of rotatable bonds is 11. The summed E-state index contributed by atoms with van der Waals surface area (Å²) in [5.41, 5.74) is 3.45. The number of nitrogens with zero attached hydrogens (tertiary/aromatic N) is 3. The predicted molar refractivity (Wildman–Crippen MR) is 134 cm³/mol. The summed E-state index contributed by atoms with van der Waals surface area (Å²) in [5, 5.41) is 13.1. The van der Waals surface area contributed by atoms with Gasteiger partial charge in [-0.3, -0.25) is 0 Å². The Morgan fingerprint density at radius 1 is 0.939 bits per heavy atom. The maximum atomic E-state index is 6.44. The highest BCUT2D eigenvalue weighted by Crippen LogP contribution is 2.41. The van der Waals surface area contributed by atoms with Crippen molar-refractivity contribution < 1.29 is 9.47 Å². The zero-order chi connectivity index (χ0) is 22.9. The Bertz CT molecular complexity index is 1050. The molecule has 33 heavy (non-hydrogen) atoms. The van der Waals surface area contributed by atoms with Gasteiger partial charge in [0.15, 0.2) is 5.69 Å². The SMILES string of the molecule is CCCCCOc1ccccc1[C@@H]1Nc2ccccc2-c2nnc(SCCCCC)nc2O1. The summed E-state index contributed by atoms with van der Waals surface area (Å²) >= 11 is 1.63. The number of thioether (sulfide) groups is 1. The molecule has 0 bridgehead atoms. The van der Waals surface area contributed by atoms with E-state index in [9.17, 15) is 0 Å². The molecule has 2 aromatic carbocycles. The van der Waals surface area contributed by atoms with E-state index >= 15 is 0 Å². The van der Waals surface area contributed by atoms with E-state index in [1.54, 1.807) is 11.8 Å². The molecule has 174 valence electrons. The van der Waals surface area contributed by atoms with Crippen molar-refractivity contribution in [1.82, 2.24) is 15.2 Å². The van der Waals surface area contributed by atoms with E-state index in [-0.39, 0.29) is 0 Å². The normalized spacial score (nSPS) is 14.4. The van der Waals surface area contributed by atoms with Crippen LogP contribution in [0.5, 0.6) is 11.6 Å². The van der Waals surface area contributed by atoms with Crippen LogP contribution in [-0.2, 0) is 0 Å². The fourth-order valence-electron chi connectivity index (χ4n) is 3.73. The number of para-hydroxylation sites is 2. The third-order valence-corrected chi connectivity index (χ3v) is 6.44. The second kappa shape index (κ2) is 11.9. The van der Waals surface area contributed by atoms with E-state index in [1.165, 1.54) is 12.8 Å². The highest BCUT2D eigenvalue weighted by atomic mass is 32.2. The first-order valence-corrected chi connectivity index (χ1v) is 12.9. The standard InChI is InChI=1S/C26H32N4O2S/c1-3-5-11-17-31-22-16-10-8-14-20(22)24-27-21-15-9-7-13-19(21)23-25(32-24)28-26(30-29-23)33-18-12-6-4-2/h7-10,13-16,24,27H,3-6,11-12,17-18H2,1-2H3/t24-/m1/s1. The van der Waals surface area contributed by atoms with Gasteiger partial charge >= 0.3 is 0 Å². The lowest BCUT2D eigenvalue weighted by molar-refractivity contribution is 0.215. The van der Waals surface area contributed by atoms with Gasteiger partial charge in [0, 0.05) is 17.0 Å². The number of hydrogen-bond acceptors (Lipinski definition) is 7. The smallest absolute Gasteiger partial charge is 0.247 e. The van der Waals surface area contributed by atoms with E-state index in [2.05, 4.69) is 29.4 Å². The first-order chi connectivity index (χ1) is 16.3. The number of hydrogen-bond donors (Lipinski definition) is 1. The molecule has 0 fully saturated rings. The van der Waals surface area contributed by atoms with Crippen LogP contribution in [0.2, 0.25) is 0 Å². The van der Waals surface area contributed by atoms with Crippen molar-refractivity contribution in [2.45, 2.75) is 63.8 Å². The average molecular weight is 465 g/mol. The monoisotopic (exact) mass is 464 g/mol. The van der Waals surface area contributed by atoms with Gasteiger partial charge in [-0.1, -0.05) is 81.6 Å². The zero-order valence-electron chi connectivity index (χ0n) is 19.4. The number of nitrogens with one attached hydrogen (secondary N) is 1. The Morgan fingerprint density at radius 2 is 1.73 bits per heavy atom. The molecular weight excluding hydrogens is 432 g/mol. The van der Waals surface area contributed by atoms with Crippen molar-refractivity contribution in [3.63, 3.8) is 0 Å². The molecule has 0 unspecified atom stereocenters. The predicted octanol–water partition coefficient (Wildman–Crippen LogP) is 6.89. The average Bonchev–Trinajstić information content (AvgIpc) is 3.01. The van der Waals surface area contributed by atoms with Crippen LogP contribution < -0.4 is 14.8 Å². The van der Waals surface area contributed by atoms with E-state index in [0.717, 1.165) is 54.0 Å². The third kappa shape index (κ3) is 5.96. The molecule has 6 nitrogen and oxygen atoms in total. The number of anilines is 1. The largest absolute Gasteiger partial charge is 0.493 e. The van der Waals surface area contributed by atoms with Crippen molar-refractivity contribution in [3.8, 4) is 22.9 Å². The Hall–Kier alpha value is -2.80. The minimum Gasteiger partial charge on any atom is -0.493 e. The van der Waals surface area contributed by atoms with Crippen molar-refractivity contribution >= 4 is 17.4 Å². The van der Waals surface area contributed by atoms with E-state index < -0.39 is 6.23 Å². The molecule has 0 spiro atoms. The number of benzene rings is 2. The van der Waals surface area contributed by atoms with Gasteiger partial charge in [-0.05, 0) is 31.0 Å². The molecule has 1 aromatic heterocycles. The Kier molecular flexibility index (Phi) is 8.41. The van der Waals surface area contributed by atoms with Gasteiger partial charge in [-0.15, -0.1) is 10.2 Å². The Balaban J connectivity index is 1.63. The topological polar surface area (TPSA) is 69.2 Å². The number of aromatic nitrogens is 3. The first-order valence-electron chi connectivity index (χ1n) is 11.9. The second-order valence-corrected chi connectivity index (χ2v) is 9.15. The van der Waals surface area contributed by atoms with E-state index in [1.807, 2.05) is 48.5 Å². The summed E-state index contributed by atoms with van der Waals surface area (Å²) < 4.78 is 12.6. The summed E-state index contributed by atoms with van der Waals surface area (Å²) in [7, 11) is 0. The maximum absolute atomic E-state index is 6.44. The zero-order valence-corrected chi connectivity index (χ0v) is 20.2. The Morgan fingerprint density at radius 3 is 2.61 bits per heavy atom. The number of fused-ring (bicyclic) bond motifs is 3. The first kappa shape index (κ1) is 23.4. The summed E-state index contributed by atoms with van der Waals surface area (Å²) in [6, 6.07) is 16.1. The van der Waals surface area contributed by atoms with Crippen LogP contribution in [0.4, 0.5) is 5.69 Å². The van der Waals surface area contributed by atoms with Crippen molar-refractivity contribution in [1.29, 1.82) is 0 Å². The van der Waals surface area contributed by atoms with Crippen molar-refractivity contribution in [2.75, 3.05) is 17.7 Å². The molecule has 0 aliphatic carbocycles. The molecule has 1 N–H and O–H groups in total. The van der Waals surface area contributed by atoms with Gasteiger partial charge in [0.05, 0.1) is 12.2 Å². The summed E-state index contributed by atoms with van der Waals surface area (Å²) in [4.78, 5) is 4.75. The summed E-state index contributed by atoms with van der Waals surface area (Å²) in [6.45, 7) is 5.08. The van der Waals surface area contributed by atoms with Crippen LogP contribution >= 0.6 is 11.8 Å². The molecular formula is C26H32N4O2S. The van der Waals surface area contributed by atoms with Crippen LogP contribution in [0, 0.1) is 0 Å². The number of unbranched alkanes of at least 4 members (excludes halogenated alkanes) is 4. The van der Waals surface area contributed by atoms with Gasteiger partial charge in [0.2, 0.25) is 17.3 Å². The lowest BCUT2D eigenvalue weighted by Crippen LogP contribution is -2.18. The lowest BCUT2D eigenvalue weighted by Gasteiger charge is -2.22. The highest BCUT2D eigenvalue weighted by Gasteiger charge is 2.27. The maximum Gasteiger partial charge on any atom is 0.247 e. The second-order valence-electron chi connectivity index (χ2n) is 8.08. The molecule has 1 atom stereocenters. The molecule has 0 saturated heterocycles. The quantitative estimate of drug-likeness (QED) is 0.245. The van der Waals surface area contributed by atoms with Crippen molar-refractivity contribution in [3.05, 3.63) is 54.1 Å². The van der Waals surface area contributed by atoms with E-state index in [0.29, 0.717) is 23.3 Å². The van der Waals surface area contributed by atoms with E-state index in [4.69, 9.17) is 14.5 Å². The van der Waals surface area contributed by atoms with Crippen LogP contribution in [0.1, 0.15) is 64.2 Å². The molecule has 7 heteroatoms. The molecule has 1 aliphatic heterocycles. The van der Waals surface area contributed by atoms with Gasteiger partial charge in [-0.25, -0.2) is 0 Å². The minimum absolute atomic E-state index is 0.454. The van der Waals surface area contributed by atoms with Gasteiger partial charge < -0.3 is 14.8 Å². The van der Waals surface area contributed by atoms with Gasteiger partial charge in [-0.2, -0.15) is 4.98 Å². The molecule has 2 heterocycles. The van der Waals surface area contributed by atoms with Crippen molar-refractivity contribution in [2.24, 2.45) is 0 Å². The van der Waals surface area contributed by atoms with Gasteiger partial charge in [0.25, 0.3) is 0 Å². The number of ether oxygens (including phenoxy) is 2. The minimum atomic E-state index is -0.454. The van der Waals surface area contributed by atoms with Crippen LogP contribution in [0.3, 0.4) is 0 Å². The molecule has 0 radical (unpaired) electrons. The molecule has 0 saturated carbocycles. The summed E-state index contributed by atoms with van der Waals surface area (Å²) in [6.07, 6.45) is 6.43. The molecule has 1 aliphatic rings. The van der Waals surface area contributed by atoms with Gasteiger partial charge in [0.1, 0.15) is 5.75 Å². The fraction of sp³-hybridized carbons (Fsp3) is 0.423. The fourth-order valence-corrected chi connectivity index (χ4v) is 4.50. The van der Waals surface area contributed by atoms with Crippen LogP contribution in [0.15, 0.2) is 53.7 Å². The summed E-state index contributed by atoms with van der Waals surface area (Å²) in [5.74, 6) is 2.29. The highest BCUT2D eigenvalue weighted by molar-refractivity contribution is 7.99. The lowest BCUT2D eigenvalue weighted by atomic mass is 10.1. The van der Waals surface area contributed by atoms with Crippen LogP contribution in [0.25, 0.3) is 11.3 Å². The third-order valence-electron chi connectivity index (χ3n) is 5.52. The molecule has 0 amide bonds. The molecule has 4 rings (SSSR count). The molecule has 3 aromatic rings. The van der Waals surface area contributed by atoms with Crippen LogP contribution in [-0.4, -0.2) is 27.5 Å².